The lowest BCUT2D eigenvalue weighted by molar-refractivity contribution is -0.138. The second-order valence-electron chi connectivity index (χ2n) is 9.84. The third-order valence-corrected chi connectivity index (χ3v) is 7.81. The zero-order valence-corrected chi connectivity index (χ0v) is 21.9. The number of primary amides is 1. The summed E-state index contributed by atoms with van der Waals surface area (Å²) in [6.07, 6.45) is 9.50. The van der Waals surface area contributed by atoms with Crippen LogP contribution in [-0.2, 0) is 20.8 Å². The number of nitrogens with one attached hydrogen (secondary N) is 4. The van der Waals surface area contributed by atoms with Crippen LogP contribution in [0.4, 0.5) is 4.79 Å². The minimum Gasteiger partial charge on any atom is -0.368 e. The minimum absolute atomic E-state index is 0.118. The van der Waals surface area contributed by atoms with Crippen LogP contribution in [0.2, 0.25) is 0 Å². The number of fused-ring (bicyclic) bond motifs is 1. The number of urea groups is 1. The first kappa shape index (κ1) is 26.8. The SMILES string of the molecule is CSCC(=O)N1CCC(NC(=O)NC2CCCCC2)C1C(=O)NC(Cc1c[nH]c2ccccc12)C(N)=O. The third-order valence-electron chi connectivity index (χ3n) is 7.27. The predicted octanol–water partition coefficient (Wildman–Crippen LogP) is 1.64. The van der Waals surface area contributed by atoms with Crippen LogP contribution in [0, 0.1) is 0 Å². The van der Waals surface area contributed by atoms with Crippen LogP contribution in [-0.4, -0.2) is 76.4 Å². The zero-order valence-electron chi connectivity index (χ0n) is 21.1. The molecule has 6 N–H and O–H groups in total. The fourth-order valence-electron chi connectivity index (χ4n) is 5.40. The summed E-state index contributed by atoms with van der Waals surface area (Å²) in [5.41, 5.74) is 7.45. The average molecular weight is 529 g/mol. The molecule has 0 spiro atoms. The molecule has 3 atom stereocenters. The van der Waals surface area contributed by atoms with E-state index in [1.54, 1.807) is 6.20 Å². The Hall–Kier alpha value is -3.21. The molecule has 3 unspecified atom stereocenters. The molecule has 0 radical (unpaired) electrons. The highest BCUT2D eigenvalue weighted by Crippen LogP contribution is 2.23. The standard InChI is InChI=1S/C26H36N6O4S/c1-37-15-22(33)32-12-11-20(31-26(36)29-17-7-3-2-4-8-17)23(32)25(35)30-21(24(27)34)13-16-14-28-19-10-6-5-9-18(16)19/h5-6,9-10,14,17,20-21,23,28H,2-4,7-8,11-13,15H2,1H3,(H2,27,34)(H,30,35)(H2,29,31,36). The van der Waals surface area contributed by atoms with Gasteiger partial charge in [0.05, 0.1) is 11.8 Å². The molecule has 4 rings (SSSR count). The normalized spacial score (nSPS) is 20.9. The fourth-order valence-corrected chi connectivity index (χ4v) is 5.81. The van der Waals surface area contributed by atoms with E-state index >= 15 is 0 Å². The van der Waals surface area contributed by atoms with Gasteiger partial charge in [0.25, 0.3) is 0 Å². The molecule has 2 fully saturated rings. The fraction of sp³-hybridized carbons (Fsp3) is 0.538. The molecule has 11 heteroatoms. The molecular weight excluding hydrogens is 492 g/mol. The second kappa shape index (κ2) is 12.4. The van der Waals surface area contributed by atoms with Crippen molar-refractivity contribution in [3.05, 3.63) is 36.0 Å². The first-order valence-corrected chi connectivity index (χ1v) is 14.3. The van der Waals surface area contributed by atoms with Gasteiger partial charge in [0.2, 0.25) is 17.7 Å². The van der Waals surface area contributed by atoms with E-state index in [-0.39, 0.29) is 30.2 Å². The van der Waals surface area contributed by atoms with Crippen LogP contribution in [0.5, 0.6) is 0 Å². The molecular formula is C26H36N6O4S. The summed E-state index contributed by atoms with van der Waals surface area (Å²) in [7, 11) is 0. The molecule has 1 aromatic heterocycles. The maximum absolute atomic E-state index is 13.6. The number of para-hydroxylation sites is 1. The Labute approximate surface area is 220 Å². The van der Waals surface area contributed by atoms with Crippen molar-refractivity contribution in [2.45, 2.75) is 69.1 Å². The van der Waals surface area contributed by atoms with Crippen molar-refractivity contribution in [2.24, 2.45) is 5.73 Å². The number of rotatable bonds is 9. The van der Waals surface area contributed by atoms with Gasteiger partial charge in [-0.3, -0.25) is 14.4 Å². The number of hydrogen-bond donors (Lipinski definition) is 5. The van der Waals surface area contributed by atoms with Crippen LogP contribution in [0.3, 0.4) is 0 Å². The van der Waals surface area contributed by atoms with Crippen molar-refractivity contribution in [1.82, 2.24) is 25.8 Å². The van der Waals surface area contributed by atoms with Gasteiger partial charge in [-0.1, -0.05) is 37.5 Å². The van der Waals surface area contributed by atoms with Crippen molar-refractivity contribution < 1.29 is 19.2 Å². The van der Waals surface area contributed by atoms with E-state index in [4.69, 9.17) is 5.73 Å². The Morgan fingerprint density at radius 2 is 1.86 bits per heavy atom. The molecule has 2 aliphatic rings. The molecule has 2 heterocycles. The number of benzene rings is 1. The van der Waals surface area contributed by atoms with Crippen LogP contribution < -0.4 is 21.7 Å². The maximum Gasteiger partial charge on any atom is 0.315 e. The summed E-state index contributed by atoms with van der Waals surface area (Å²) in [5, 5.41) is 9.65. The molecule has 1 saturated carbocycles. The van der Waals surface area contributed by atoms with Gasteiger partial charge in [0.15, 0.2) is 0 Å². The molecule has 5 amide bonds. The average Bonchev–Trinajstić information content (AvgIpc) is 3.48. The van der Waals surface area contributed by atoms with Crippen LogP contribution in [0.15, 0.2) is 30.5 Å². The molecule has 37 heavy (non-hydrogen) atoms. The Kier molecular flexibility index (Phi) is 8.96. The van der Waals surface area contributed by atoms with Gasteiger partial charge in [0, 0.05) is 36.1 Å². The number of H-pyrrole nitrogens is 1. The lowest BCUT2D eigenvalue weighted by Crippen LogP contribution is -2.59. The second-order valence-corrected chi connectivity index (χ2v) is 10.7. The predicted molar refractivity (Wildman–Crippen MR) is 144 cm³/mol. The summed E-state index contributed by atoms with van der Waals surface area (Å²) in [5.74, 6) is -1.13. The summed E-state index contributed by atoms with van der Waals surface area (Å²) >= 11 is 1.37. The number of amides is 5. The topological polar surface area (TPSA) is 149 Å². The number of nitrogens with zero attached hydrogens (tertiary/aromatic N) is 1. The number of nitrogens with two attached hydrogens (primary N) is 1. The highest BCUT2D eigenvalue weighted by atomic mass is 32.2. The van der Waals surface area contributed by atoms with E-state index < -0.39 is 29.9 Å². The quantitative estimate of drug-likeness (QED) is 0.335. The van der Waals surface area contributed by atoms with E-state index in [9.17, 15) is 19.2 Å². The molecule has 1 aliphatic carbocycles. The van der Waals surface area contributed by atoms with Gasteiger partial charge >= 0.3 is 6.03 Å². The summed E-state index contributed by atoms with van der Waals surface area (Å²) in [6.45, 7) is 0.343. The molecule has 200 valence electrons. The number of likely N-dealkylation sites (tertiary alicyclic amines) is 1. The van der Waals surface area contributed by atoms with E-state index in [2.05, 4.69) is 20.9 Å². The van der Waals surface area contributed by atoms with Gasteiger partial charge in [-0.25, -0.2) is 4.79 Å². The van der Waals surface area contributed by atoms with Crippen LogP contribution in [0.1, 0.15) is 44.1 Å². The van der Waals surface area contributed by atoms with Crippen LogP contribution in [0.25, 0.3) is 10.9 Å². The Bertz CT molecular complexity index is 1130. The number of hydrogen-bond acceptors (Lipinski definition) is 5. The number of aromatic nitrogens is 1. The highest BCUT2D eigenvalue weighted by molar-refractivity contribution is 7.99. The van der Waals surface area contributed by atoms with Crippen molar-refractivity contribution in [1.29, 1.82) is 0 Å². The third kappa shape index (κ3) is 6.57. The number of aromatic amines is 1. The lowest BCUT2D eigenvalue weighted by atomic mass is 9.96. The summed E-state index contributed by atoms with van der Waals surface area (Å²) in [6, 6.07) is 4.99. The van der Waals surface area contributed by atoms with Crippen molar-refractivity contribution >= 4 is 46.4 Å². The van der Waals surface area contributed by atoms with Gasteiger partial charge in [-0.15, -0.1) is 0 Å². The van der Waals surface area contributed by atoms with Gasteiger partial charge in [-0.05, 0) is 37.1 Å². The Morgan fingerprint density at radius 3 is 2.59 bits per heavy atom. The van der Waals surface area contributed by atoms with Gasteiger partial charge in [0.1, 0.15) is 12.1 Å². The smallest absolute Gasteiger partial charge is 0.315 e. The monoisotopic (exact) mass is 528 g/mol. The summed E-state index contributed by atoms with van der Waals surface area (Å²) < 4.78 is 0. The highest BCUT2D eigenvalue weighted by Gasteiger charge is 2.43. The molecule has 1 saturated heterocycles. The van der Waals surface area contributed by atoms with Gasteiger partial charge in [-0.2, -0.15) is 11.8 Å². The van der Waals surface area contributed by atoms with Crippen LogP contribution >= 0.6 is 11.8 Å². The lowest BCUT2D eigenvalue weighted by Gasteiger charge is -2.30. The molecule has 0 bridgehead atoms. The van der Waals surface area contributed by atoms with Crippen molar-refractivity contribution in [3.8, 4) is 0 Å². The first-order chi connectivity index (χ1) is 17.9. The Morgan fingerprint density at radius 1 is 1.11 bits per heavy atom. The summed E-state index contributed by atoms with van der Waals surface area (Å²) in [4.78, 5) is 56.2. The minimum atomic E-state index is -0.971. The van der Waals surface area contributed by atoms with Crippen molar-refractivity contribution in [2.75, 3.05) is 18.6 Å². The largest absolute Gasteiger partial charge is 0.368 e. The van der Waals surface area contributed by atoms with Gasteiger partial charge < -0.3 is 31.6 Å². The molecule has 1 aliphatic heterocycles. The molecule has 1 aromatic carbocycles. The van der Waals surface area contributed by atoms with E-state index in [0.717, 1.165) is 42.1 Å². The van der Waals surface area contributed by atoms with E-state index in [1.807, 2.05) is 30.5 Å². The molecule has 2 aromatic rings. The zero-order chi connectivity index (χ0) is 26.4. The maximum atomic E-state index is 13.6. The van der Waals surface area contributed by atoms with E-state index in [1.165, 1.54) is 23.1 Å². The number of thioether (sulfide) groups is 1. The van der Waals surface area contributed by atoms with E-state index in [0.29, 0.717) is 13.0 Å². The first-order valence-electron chi connectivity index (χ1n) is 12.9. The molecule has 10 nitrogen and oxygen atoms in total. The number of carbonyl (C=O) groups excluding carboxylic acids is 4. The van der Waals surface area contributed by atoms with Crippen molar-refractivity contribution in [3.63, 3.8) is 0 Å². The Balaban J connectivity index is 1.48. The number of carbonyl (C=O) groups is 4.